The van der Waals surface area contributed by atoms with Crippen LogP contribution < -0.4 is 10.2 Å². The summed E-state index contributed by atoms with van der Waals surface area (Å²) in [7, 11) is 0. The van der Waals surface area contributed by atoms with Crippen LogP contribution in [0.2, 0.25) is 5.02 Å². The number of nitrogens with zero attached hydrogens (tertiary/aromatic N) is 3. The summed E-state index contributed by atoms with van der Waals surface area (Å²) in [5, 5.41) is 3.68. The van der Waals surface area contributed by atoms with Crippen molar-refractivity contribution in [1.82, 2.24) is 20.3 Å². The van der Waals surface area contributed by atoms with Gasteiger partial charge in [0.2, 0.25) is 5.91 Å². The lowest BCUT2D eigenvalue weighted by molar-refractivity contribution is -0.125. The third kappa shape index (κ3) is 4.24. The van der Waals surface area contributed by atoms with Gasteiger partial charge in [0, 0.05) is 43.5 Å². The van der Waals surface area contributed by atoms with Crippen molar-refractivity contribution in [3.63, 3.8) is 0 Å². The van der Waals surface area contributed by atoms with Gasteiger partial charge in [0.05, 0.1) is 5.92 Å². The number of H-pyrrole nitrogens is 1. The average molecular weight is 388 g/mol. The van der Waals surface area contributed by atoms with Crippen LogP contribution in [-0.4, -0.2) is 40.5 Å². The number of nitrogens with one attached hydrogen (secondary N) is 2. The molecule has 0 aliphatic carbocycles. The van der Waals surface area contributed by atoms with E-state index in [2.05, 4.69) is 20.3 Å². The fraction of sp³-hybridized carbons (Fsp3) is 0.421. The minimum Gasteiger partial charge on any atom is -0.423 e. The zero-order valence-electron chi connectivity index (χ0n) is 14.9. The van der Waals surface area contributed by atoms with Crippen molar-refractivity contribution in [1.29, 1.82) is 0 Å². The van der Waals surface area contributed by atoms with E-state index in [0.717, 1.165) is 43.6 Å². The van der Waals surface area contributed by atoms with Crippen molar-refractivity contribution in [3.05, 3.63) is 41.4 Å². The molecule has 0 spiro atoms. The second-order valence-corrected chi connectivity index (χ2v) is 7.26. The molecule has 1 aliphatic heterocycles. The van der Waals surface area contributed by atoms with Crippen LogP contribution in [0, 0.1) is 5.92 Å². The molecule has 1 atom stereocenters. The van der Waals surface area contributed by atoms with Crippen LogP contribution in [-0.2, 0) is 11.2 Å². The van der Waals surface area contributed by atoms with Crippen molar-refractivity contribution in [2.45, 2.75) is 25.7 Å². The number of benzene rings is 1. The SMILES string of the molecule is O=C(NCCCc1ncc[nH]1)C1CCCN(c2nc3cc(Cl)ccc3o2)C1. The molecule has 0 radical (unpaired) electrons. The van der Waals surface area contributed by atoms with Crippen molar-refractivity contribution >= 4 is 34.6 Å². The maximum atomic E-state index is 12.5. The van der Waals surface area contributed by atoms with Gasteiger partial charge in [-0.1, -0.05) is 11.6 Å². The van der Waals surface area contributed by atoms with Gasteiger partial charge in [-0.05, 0) is 37.5 Å². The number of piperidine rings is 1. The Labute approximate surface area is 162 Å². The summed E-state index contributed by atoms with van der Waals surface area (Å²) in [4.78, 5) is 26.4. The summed E-state index contributed by atoms with van der Waals surface area (Å²) in [5.41, 5.74) is 1.45. The highest BCUT2D eigenvalue weighted by Gasteiger charge is 2.28. The van der Waals surface area contributed by atoms with E-state index in [1.165, 1.54) is 0 Å². The molecule has 0 saturated carbocycles. The number of halogens is 1. The number of aryl methyl sites for hydroxylation is 1. The highest BCUT2D eigenvalue weighted by molar-refractivity contribution is 6.31. The van der Waals surface area contributed by atoms with Crippen LogP contribution in [0.1, 0.15) is 25.1 Å². The Morgan fingerprint density at radius 2 is 2.37 bits per heavy atom. The van der Waals surface area contributed by atoms with Crippen LogP contribution in [0.25, 0.3) is 11.1 Å². The first-order chi connectivity index (χ1) is 13.2. The molecule has 1 aliphatic rings. The smallest absolute Gasteiger partial charge is 0.298 e. The largest absolute Gasteiger partial charge is 0.423 e. The van der Waals surface area contributed by atoms with Crippen LogP contribution in [0.15, 0.2) is 35.0 Å². The molecule has 0 bridgehead atoms. The Morgan fingerprint density at radius 3 is 3.22 bits per heavy atom. The number of anilines is 1. The van der Waals surface area contributed by atoms with Gasteiger partial charge < -0.3 is 19.6 Å². The Hall–Kier alpha value is -2.54. The van der Waals surface area contributed by atoms with E-state index in [1.807, 2.05) is 17.2 Å². The number of imidazole rings is 1. The Kier molecular flexibility index (Phi) is 5.29. The van der Waals surface area contributed by atoms with Crippen molar-refractivity contribution in [3.8, 4) is 0 Å². The molecular weight excluding hydrogens is 366 g/mol. The minimum absolute atomic E-state index is 0.0547. The summed E-state index contributed by atoms with van der Waals surface area (Å²) >= 11 is 6.02. The monoisotopic (exact) mass is 387 g/mol. The van der Waals surface area contributed by atoms with E-state index in [0.29, 0.717) is 29.7 Å². The molecule has 4 rings (SSSR count). The summed E-state index contributed by atoms with van der Waals surface area (Å²) in [6.45, 7) is 2.10. The van der Waals surface area contributed by atoms with Crippen molar-refractivity contribution < 1.29 is 9.21 Å². The number of aromatic amines is 1. The highest BCUT2D eigenvalue weighted by atomic mass is 35.5. The number of hydrogen-bond acceptors (Lipinski definition) is 5. The van der Waals surface area contributed by atoms with Gasteiger partial charge in [-0.3, -0.25) is 4.79 Å². The van der Waals surface area contributed by atoms with Crippen LogP contribution in [0.3, 0.4) is 0 Å². The van der Waals surface area contributed by atoms with Gasteiger partial charge in [-0.2, -0.15) is 4.98 Å². The number of fused-ring (bicyclic) bond motifs is 1. The molecule has 1 amide bonds. The summed E-state index contributed by atoms with van der Waals surface area (Å²) in [6.07, 6.45) is 7.06. The molecule has 1 unspecified atom stereocenters. The van der Waals surface area contributed by atoms with Gasteiger partial charge in [0.15, 0.2) is 5.58 Å². The lowest BCUT2D eigenvalue weighted by atomic mass is 9.97. The fourth-order valence-electron chi connectivity index (χ4n) is 3.44. The third-order valence-corrected chi connectivity index (χ3v) is 5.08. The number of oxazole rings is 1. The topological polar surface area (TPSA) is 87.0 Å². The lowest BCUT2D eigenvalue weighted by Crippen LogP contribution is -2.43. The van der Waals surface area contributed by atoms with Gasteiger partial charge in [0.25, 0.3) is 6.01 Å². The standard InChI is InChI=1S/C19H22ClN5O2/c20-14-5-6-16-15(11-14)24-19(27-16)25-10-2-3-13(12-25)18(26)23-7-1-4-17-21-8-9-22-17/h5-6,8-9,11,13H,1-4,7,10,12H2,(H,21,22)(H,23,26). The molecule has 7 nitrogen and oxygen atoms in total. The molecule has 142 valence electrons. The molecular formula is C19H22ClN5O2. The highest BCUT2D eigenvalue weighted by Crippen LogP contribution is 2.28. The molecule has 3 aromatic rings. The normalized spacial score (nSPS) is 17.4. The quantitative estimate of drug-likeness (QED) is 0.634. The molecule has 2 N–H and O–H groups in total. The van der Waals surface area contributed by atoms with Crippen LogP contribution in [0.4, 0.5) is 6.01 Å². The van der Waals surface area contributed by atoms with Crippen LogP contribution >= 0.6 is 11.6 Å². The van der Waals surface area contributed by atoms with E-state index in [-0.39, 0.29) is 11.8 Å². The predicted octanol–water partition coefficient (Wildman–Crippen LogP) is 3.17. The van der Waals surface area contributed by atoms with E-state index >= 15 is 0 Å². The fourth-order valence-corrected chi connectivity index (χ4v) is 3.60. The minimum atomic E-state index is -0.0547. The first-order valence-corrected chi connectivity index (χ1v) is 9.64. The second-order valence-electron chi connectivity index (χ2n) is 6.82. The van der Waals surface area contributed by atoms with Gasteiger partial charge >= 0.3 is 0 Å². The third-order valence-electron chi connectivity index (χ3n) is 4.85. The van der Waals surface area contributed by atoms with Gasteiger partial charge in [-0.15, -0.1) is 0 Å². The van der Waals surface area contributed by atoms with Crippen molar-refractivity contribution in [2.24, 2.45) is 5.92 Å². The van der Waals surface area contributed by atoms with E-state index < -0.39 is 0 Å². The molecule has 1 saturated heterocycles. The van der Waals surface area contributed by atoms with E-state index in [4.69, 9.17) is 16.0 Å². The summed E-state index contributed by atoms with van der Waals surface area (Å²) < 4.78 is 5.84. The number of rotatable bonds is 6. The van der Waals surface area contributed by atoms with Gasteiger partial charge in [0.1, 0.15) is 11.3 Å². The number of hydrogen-bond donors (Lipinski definition) is 2. The lowest BCUT2D eigenvalue weighted by Gasteiger charge is -2.30. The molecule has 27 heavy (non-hydrogen) atoms. The maximum Gasteiger partial charge on any atom is 0.298 e. The summed E-state index contributed by atoms with van der Waals surface area (Å²) in [6, 6.07) is 5.95. The van der Waals surface area contributed by atoms with Crippen LogP contribution in [0.5, 0.6) is 0 Å². The van der Waals surface area contributed by atoms with E-state index in [9.17, 15) is 4.79 Å². The molecule has 1 aromatic carbocycles. The first-order valence-electron chi connectivity index (χ1n) is 9.26. The zero-order chi connectivity index (χ0) is 18.6. The zero-order valence-corrected chi connectivity index (χ0v) is 15.7. The van der Waals surface area contributed by atoms with Gasteiger partial charge in [-0.25, -0.2) is 4.98 Å². The maximum absolute atomic E-state index is 12.5. The number of amides is 1. The molecule has 3 heterocycles. The number of carbonyl (C=O) groups is 1. The van der Waals surface area contributed by atoms with Crippen molar-refractivity contribution in [2.75, 3.05) is 24.5 Å². The number of aromatic nitrogens is 3. The van der Waals surface area contributed by atoms with E-state index in [1.54, 1.807) is 18.3 Å². The Morgan fingerprint density at radius 1 is 1.44 bits per heavy atom. The Bertz CT molecular complexity index is 908. The molecule has 2 aromatic heterocycles. The Balaban J connectivity index is 1.32. The number of carbonyl (C=O) groups excluding carboxylic acids is 1. The molecule has 1 fully saturated rings. The average Bonchev–Trinajstić information content (AvgIpc) is 3.34. The summed E-state index contributed by atoms with van der Waals surface area (Å²) in [5.74, 6) is 0.989. The predicted molar refractivity (Wildman–Crippen MR) is 104 cm³/mol. The first kappa shape index (κ1) is 17.9. The second kappa shape index (κ2) is 8.00. The molecule has 8 heteroatoms.